The Labute approximate surface area is 162 Å². The van der Waals surface area contributed by atoms with E-state index in [1.54, 1.807) is 30.3 Å². The van der Waals surface area contributed by atoms with Crippen LogP contribution >= 0.6 is 23.1 Å². The Morgan fingerprint density at radius 3 is 2.85 bits per heavy atom. The maximum atomic E-state index is 12.4. The fraction of sp³-hybridized carbons (Fsp3) is 0.118. The molecular formula is C17H14N4O4S2. The number of para-hydroxylation sites is 1. The van der Waals surface area contributed by atoms with Crippen molar-refractivity contribution in [1.82, 2.24) is 10.2 Å². The monoisotopic (exact) mass is 402 g/mol. The molecule has 1 amide bonds. The molecule has 10 heteroatoms. The molecule has 1 aromatic heterocycles. The lowest BCUT2D eigenvalue weighted by atomic mass is 10.2. The first-order chi connectivity index (χ1) is 13.1. The van der Waals surface area contributed by atoms with Gasteiger partial charge >= 0.3 is 0 Å². The van der Waals surface area contributed by atoms with Crippen LogP contribution in [0, 0.1) is 10.1 Å². The van der Waals surface area contributed by atoms with Gasteiger partial charge in [-0.05, 0) is 17.7 Å². The largest absolute Gasteiger partial charge is 0.496 e. The van der Waals surface area contributed by atoms with Crippen molar-refractivity contribution in [3.8, 4) is 5.75 Å². The number of nitro groups is 1. The van der Waals surface area contributed by atoms with Gasteiger partial charge in [-0.3, -0.25) is 20.2 Å². The van der Waals surface area contributed by atoms with Crippen molar-refractivity contribution in [2.45, 2.75) is 10.1 Å². The summed E-state index contributed by atoms with van der Waals surface area (Å²) in [6.07, 6.45) is 0. The van der Waals surface area contributed by atoms with Gasteiger partial charge in [0.1, 0.15) is 5.75 Å². The molecule has 0 atom stereocenters. The smallest absolute Gasteiger partial charge is 0.269 e. The summed E-state index contributed by atoms with van der Waals surface area (Å²) < 4.78 is 5.83. The zero-order valence-corrected chi connectivity index (χ0v) is 15.8. The first kappa shape index (κ1) is 18.8. The van der Waals surface area contributed by atoms with Crippen LogP contribution in [0.1, 0.15) is 15.9 Å². The number of non-ortho nitro benzene ring substituents is 1. The summed E-state index contributed by atoms with van der Waals surface area (Å²) >= 11 is 2.62. The molecule has 1 N–H and O–H groups in total. The Balaban J connectivity index is 1.62. The van der Waals surface area contributed by atoms with E-state index in [-0.39, 0.29) is 11.6 Å². The van der Waals surface area contributed by atoms with Crippen LogP contribution in [0.25, 0.3) is 0 Å². The summed E-state index contributed by atoms with van der Waals surface area (Å²) in [4.78, 5) is 22.8. The molecule has 0 saturated carbocycles. The Morgan fingerprint density at radius 1 is 1.26 bits per heavy atom. The van der Waals surface area contributed by atoms with Crippen molar-refractivity contribution in [1.29, 1.82) is 0 Å². The first-order valence-corrected chi connectivity index (χ1v) is 9.51. The van der Waals surface area contributed by atoms with Crippen LogP contribution in [-0.2, 0) is 5.75 Å². The SMILES string of the molecule is COc1ccccc1C(=O)Nc1nnc(SCc2cccc([N+](=O)[O-])c2)s1. The van der Waals surface area contributed by atoms with Gasteiger partial charge < -0.3 is 4.74 Å². The molecule has 0 fully saturated rings. The molecule has 27 heavy (non-hydrogen) atoms. The molecular weight excluding hydrogens is 388 g/mol. The number of carbonyl (C=O) groups excluding carboxylic acids is 1. The number of nitro benzene ring substituents is 1. The summed E-state index contributed by atoms with van der Waals surface area (Å²) in [5, 5.41) is 21.9. The van der Waals surface area contributed by atoms with E-state index in [1.165, 1.54) is 42.3 Å². The lowest BCUT2D eigenvalue weighted by molar-refractivity contribution is -0.384. The number of carbonyl (C=O) groups is 1. The topological polar surface area (TPSA) is 107 Å². The summed E-state index contributed by atoms with van der Waals surface area (Å²) in [5.41, 5.74) is 1.26. The van der Waals surface area contributed by atoms with E-state index in [0.717, 1.165) is 5.56 Å². The normalized spacial score (nSPS) is 10.4. The second-order valence-electron chi connectivity index (χ2n) is 5.24. The summed E-state index contributed by atoms with van der Waals surface area (Å²) in [6, 6.07) is 13.3. The Bertz CT molecular complexity index is 977. The number of anilines is 1. The number of aromatic nitrogens is 2. The fourth-order valence-corrected chi connectivity index (χ4v) is 3.91. The Kier molecular flexibility index (Phi) is 5.99. The molecule has 3 aromatic rings. The van der Waals surface area contributed by atoms with Crippen molar-refractivity contribution in [3.63, 3.8) is 0 Å². The highest BCUT2D eigenvalue weighted by atomic mass is 32.2. The van der Waals surface area contributed by atoms with Crippen molar-refractivity contribution in [2.75, 3.05) is 12.4 Å². The Hall–Kier alpha value is -2.98. The number of ether oxygens (including phenoxy) is 1. The number of hydrogen-bond donors (Lipinski definition) is 1. The van der Waals surface area contributed by atoms with Crippen LogP contribution in [-0.4, -0.2) is 28.1 Å². The van der Waals surface area contributed by atoms with E-state index in [9.17, 15) is 14.9 Å². The van der Waals surface area contributed by atoms with Crippen molar-refractivity contribution in [3.05, 3.63) is 69.8 Å². The molecule has 8 nitrogen and oxygen atoms in total. The zero-order valence-electron chi connectivity index (χ0n) is 14.1. The number of methoxy groups -OCH3 is 1. The van der Waals surface area contributed by atoms with Crippen LogP contribution in [0.2, 0.25) is 0 Å². The highest BCUT2D eigenvalue weighted by Crippen LogP contribution is 2.29. The fourth-order valence-electron chi connectivity index (χ4n) is 2.22. The maximum absolute atomic E-state index is 12.4. The number of hydrogen-bond acceptors (Lipinski definition) is 8. The molecule has 138 valence electrons. The molecule has 0 aliphatic carbocycles. The third-order valence-corrected chi connectivity index (χ3v) is 5.51. The van der Waals surface area contributed by atoms with Gasteiger partial charge in [-0.15, -0.1) is 10.2 Å². The van der Waals surface area contributed by atoms with Crippen molar-refractivity contribution in [2.24, 2.45) is 0 Å². The van der Waals surface area contributed by atoms with Gasteiger partial charge in [-0.25, -0.2) is 0 Å². The van der Waals surface area contributed by atoms with Gasteiger partial charge in [0.25, 0.3) is 11.6 Å². The minimum Gasteiger partial charge on any atom is -0.496 e. The average molecular weight is 402 g/mol. The standard InChI is InChI=1S/C17H14N4O4S2/c1-25-14-8-3-2-7-13(14)15(22)18-16-19-20-17(27-16)26-10-11-5-4-6-12(9-11)21(23)24/h2-9H,10H2,1H3,(H,18,19,22). The summed E-state index contributed by atoms with van der Waals surface area (Å²) in [5.74, 6) is 0.648. The Morgan fingerprint density at radius 2 is 2.07 bits per heavy atom. The van der Waals surface area contributed by atoms with Crippen LogP contribution in [0.15, 0.2) is 52.9 Å². The minimum atomic E-state index is -0.426. The van der Waals surface area contributed by atoms with Gasteiger partial charge in [0, 0.05) is 17.9 Å². The van der Waals surface area contributed by atoms with E-state index in [1.807, 2.05) is 6.07 Å². The zero-order chi connectivity index (χ0) is 19.2. The summed E-state index contributed by atoms with van der Waals surface area (Å²) in [6.45, 7) is 0. The molecule has 1 heterocycles. The van der Waals surface area contributed by atoms with Crippen LogP contribution in [0.4, 0.5) is 10.8 Å². The average Bonchev–Trinajstić information content (AvgIpc) is 3.13. The number of benzene rings is 2. The number of rotatable bonds is 7. The van der Waals surface area contributed by atoms with Crippen LogP contribution in [0.3, 0.4) is 0 Å². The van der Waals surface area contributed by atoms with E-state index in [2.05, 4.69) is 15.5 Å². The minimum absolute atomic E-state index is 0.0510. The van der Waals surface area contributed by atoms with Gasteiger partial charge in [0.15, 0.2) is 4.34 Å². The molecule has 0 radical (unpaired) electrons. The highest BCUT2D eigenvalue weighted by molar-refractivity contribution is 8.00. The molecule has 3 rings (SSSR count). The van der Waals surface area contributed by atoms with E-state index >= 15 is 0 Å². The molecule has 0 unspecified atom stereocenters. The van der Waals surface area contributed by atoms with Gasteiger partial charge in [-0.2, -0.15) is 0 Å². The predicted octanol–water partition coefficient (Wildman–Crippen LogP) is 4.00. The van der Waals surface area contributed by atoms with E-state index in [4.69, 9.17) is 4.74 Å². The van der Waals surface area contributed by atoms with Crippen molar-refractivity contribution >= 4 is 39.8 Å². The van der Waals surface area contributed by atoms with Gasteiger partial charge in [-0.1, -0.05) is 47.4 Å². The number of nitrogens with zero attached hydrogens (tertiary/aromatic N) is 3. The molecule has 0 saturated heterocycles. The molecule has 0 aliphatic rings. The number of nitrogens with one attached hydrogen (secondary N) is 1. The predicted molar refractivity (Wildman–Crippen MR) is 104 cm³/mol. The molecule has 0 spiro atoms. The maximum Gasteiger partial charge on any atom is 0.269 e. The highest BCUT2D eigenvalue weighted by Gasteiger charge is 2.14. The number of amides is 1. The third kappa shape index (κ3) is 4.80. The van der Waals surface area contributed by atoms with Crippen molar-refractivity contribution < 1.29 is 14.5 Å². The van der Waals surface area contributed by atoms with Gasteiger partial charge in [0.2, 0.25) is 5.13 Å². The lowest BCUT2D eigenvalue weighted by Gasteiger charge is -2.06. The molecule has 0 bridgehead atoms. The van der Waals surface area contributed by atoms with E-state index < -0.39 is 4.92 Å². The quantitative estimate of drug-likeness (QED) is 0.275. The second kappa shape index (κ2) is 8.60. The second-order valence-corrected chi connectivity index (χ2v) is 7.44. The molecule has 2 aromatic carbocycles. The number of thioether (sulfide) groups is 1. The van der Waals surface area contributed by atoms with E-state index in [0.29, 0.717) is 26.5 Å². The molecule has 0 aliphatic heterocycles. The first-order valence-electron chi connectivity index (χ1n) is 7.71. The summed E-state index contributed by atoms with van der Waals surface area (Å²) in [7, 11) is 1.50. The third-order valence-electron chi connectivity index (χ3n) is 3.46. The van der Waals surface area contributed by atoms with Crippen LogP contribution < -0.4 is 10.1 Å². The van der Waals surface area contributed by atoms with Gasteiger partial charge in [0.05, 0.1) is 17.6 Å². The lowest BCUT2D eigenvalue weighted by Crippen LogP contribution is -2.12. The van der Waals surface area contributed by atoms with Crippen LogP contribution in [0.5, 0.6) is 5.75 Å².